The van der Waals surface area contributed by atoms with Crippen LogP contribution in [-0.4, -0.2) is 26.0 Å². The van der Waals surface area contributed by atoms with Crippen LogP contribution >= 0.6 is 11.6 Å². The van der Waals surface area contributed by atoms with Gasteiger partial charge in [0.05, 0.1) is 9.77 Å². The van der Waals surface area contributed by atoms with Gasteiger partial charge in [-0.1, -0.05) is 17.7 Å². The Balaban J connectivity index is 2.60. The van der Waals surface area contributed by atoms with E-state index in [-0.39, 0.29) is 5.02 Å². The number of benzene rings is 1. The average Bonchev–Trinajstić information content (AvgIpc) is 2.21. The van der Waals surface area contributed by atoms with Crippen molar-refractivity contribution in [1.82, 2.24) is 5.32 Å². The van der Waals surface area contributed by atoms with Gasteiger partial charge in [0.25, 0.3) is 0 Å². The SMILES string of the molecule is CC(C)(CNCc1ccc(Cl)c(F)c1)S(C)(=O)=O. The van der Waals surface area contributed by atoms with E-state index in [1.807, 2.05) is 0 Å². The molecule has 0 saturated heterocycles. The molecule has 0 radical (unpaired) electrons. The number of rotatable bonds is 5. The lowest BCUT2D eigenvalue weighted by atomic mass is 10.2. The molecule has 6 heteroatoms. The van der Waals surface area contributed by atoms with Crippen LogP contribution in [-0.2, 0) is 16.4 Å². The molecule has 0 aromatic heterocycles. The Hall–Kier alpha value is -0.650. The van der Waals surface area contributed by atoms with E-state index in [1.54, 1.807) is 19.9 Å². The fourth-order valence-electron chi connectivity index (χ4n) is 1.29. The molecule has 1 aromatic carbocycles. The van der Waals surface area contributed by atoms with Crippen LogP contribution in [0.1, 0.15) is 19.4 Å². The summed E-state index contributed by atoms with van der Waals surface area (Å²) in [5.41, 5.74) is 0.723. The average molecular weight is 294 g/mol. The van der Waals surface area contributed by atoms with Gasteiger partial charge < -0.3 is 5.32 Å². The van der Waals surface area contributed by atoms with Gasteiger partial charge in [-0.2, -0.15) is 0 Å². The van der Waals surface area contributed by atoms with Crippen LogP contribution in [0.15, 0.2) is 18.2 Å². The van der Waals surface area contributed by atoms with Crippen LogP contribution in [0.5, 0.6) is 0 Å². The fraction of sp³-hybridized carbons (Fsp3) is 0.500. The minimum atomic E-state index is -3.13. The molecule has 0 saturated carbocycles. The molecule has 0 fully saturated rings. The number of hydrogen-bond donors (Lipinski definition) is 1. The summed E-state index contributed by atoms with van der Waals surface area (Å²) < 4.78 is 35.3. The molecule has 0 unspecified atom stereocenters. The highest BCUT2D eigenvalue weighted by molar-refractivity contribution is 7.92. The van der Waals surface area contributed by atoms with Gasteiger partial charge in [0, 0.05) is 19.3 Å². The standard InChI is InChI=1S/C12H17ClFNO2S/c1-12(2,18(3,16)17)8-15-7-9-4-5-10(13)11(14)6-9/h4-6,15H,7-8H2,1-3H3. The van der Waals surface area contributed by atoms with Crippen molar-refractivity contribution in [2.75, 3.05) is 12.8 Å². The van der Waals surface area contributed by atoms with Gasteiger partial charge in [0.15, 0.2) is 9.84 Å². The van der Waals surface area contributed by atoms with Crippen molar-refractivity contribution in [1.29, 1.82) is 0 Å². The molecule has 1 rings (SSSR count). The van der Waals surface area contributed by atoms with Crippen molar-refractivity contribution in [2.24, 2.45) is 0 Å². The molecule has 1 aromatic rings. The Morgan fingerprint density at radius 2 is 2.00 bits per heavy atom. The number of halogens is 2. The Kier molecular flexibility index (Phi) is 4.75. The van der Waals surface area contributed by atoms with Crippen molar-refractivity contribution in [3.8, 4) is 0 Å². The first-order valence-electron chi connectivity index (χ1n) is 5.48. The van der Waals surface area contributed by atoms with E-state index < -0.39 is 20.4 Å². The van der Waals surface area contributed by atoms with Crippen LogP contribution in [0.25, 0.3) is 0 Å². The van der Waals surface area contributed by atoms with Gasteiger partial charge in [-0.15, -0.1) is 0 Å². The lowest BCUT2D eigenvalue weighted by Gasteiger charge is -2.22. The fourth-order valence-corrected chi connectivity index (χ4v) is 1.77. The quantitative estimate of drug-likeness (QED) is 0.907. The summed E-state index contributed by atoms with van der Waals surface area (Å²) in [5.74, 6) is -0.474. The van der Waals surface area contributed by atoms with Gasteiger partial charge >= 0.3 is 0 Å². The zero-order valence-corrected chi connectivity index (χ0v) is 12.2. The van der Waals surface area contributed by atoms with Crippen molar-refractivity contribution in [3.05, 3.63) is 34.6 Å². The minimum Gasteiger partial charge on any atom is -0.311 e. The molecule has 0 amide bonds. The summed E-state index contributed by atoms with van der Waals surface area (Å²) in [4.78, 5) is 0. The van der Waals surface area contributed by atoms with E-state index in [2.05, 4.69) is 5.32 Å². The first-order valence-corrected chi connectivity index (χ1v) is 7.75. The van der Waals surface area contributed by atoms with Crippen LogP contribution in [0.2, 0.25) is 5.02 Å². The van der Waals surface area contributed by atoms with Gasteiger partial charge in [0.2, 0.25) is 0 Å². The van der Waals surface area contributed by atoms with Crippen LogP contribution in [0.4, 0.5) is 4.39 Å². The van der Waals surface area contributed by atoms with E-state index in [0.717, 1.165) is 5.56 Å². The van der Waals surface area contributed by atoms with E-state index in [1.165, 1.54) is 18.4 Å². The largest absolute Gasteiger partial charge is 0.311 e. The Bertz CT molecular complexity index is 529. The zero-order chi connectivity index (χ0) is 14.0. The van der Waals surface area contributed by atoms with Crippen molar-refractivity contribution in [2.45, 2.75) is 25.1 Å². The molecule has 1 N–H and O–H groups in total. The van der Waals surface area contributed by atoms with Gasteiger partial charge in [-0.3, -0.25) is 0 Å². The monoisotopic (exact) mass is 293 g/mol. The van der Waals surface area contributed by atoms with Crippen molar-refractivity contribution < 1.29 is 12.8 Å². The molecular weight excluding hydrogens is 277 g/mol. The lowest BCUT2D eigenvalue weighted by Crippen LogP contribution is -2.41. The molecule has 3 nitrogen and oxygen atoms in total. The van der Waals surface area contributed by atoms with E-state index in [0.29, 0.717) is 13.1 Å². The first kappa shape index (κ1) is 15.4. The number of hydrogen-bond acceptors (Lipinski definition) is 3. The maximum atomic E-state index is 13.2. The van der Waals surface area contributed by atoms with Crippen LogP contribution in [0, 0.1) is 5.82 Å². The summed E-state index contributed by atoms with van der Waals surface area (Å²) >= 11 is 5.57. The lowest BCUT2D eigenvalue weighted by molar-refractivity contribution is 0.520. The highest BCUT2D eigenvalue weighted by Crippen LogP contribution is 2.16. The minimum absolute atomic E-state index is 0.0789. The Morgan fingerprint density at radius 1 is 1.39 bits per heavy atom. The molecule has 102 valence electrons. The summed E-state index contributed by atoms with van der Waals surface area (Å²) in [7, 11) is -3.13. The third kappa shape index (κ3) is 3.93. The Morgan fingerprint density at radius 3 is 2.50 bits per heavy atom. The molecular formula is C12H17ClFNO2S. The maximum Gasteiger partial charge on any atom is 0.153 e. The topological polar surface area (TPSA) is 46.2 Å². The van der Waals surface area contributed by atoms with Crippen LogP contribution in [0.3, 0.4) is 0 Å². The first-order chi connectivity index (χ1) is 8.13. The third-order valence-corrected chi connectivity index (χ3v) is 5.33. The van der Waals surface area contributed by atoms with E-state index in [4.69, 9.17) is 11.6 Å². The molecule has 0 heterocycles. The molecule has 0 bridgehead atoms. The summed E-state index contributed by atoms with van der Waals surface area (Å²) in [6, 6.07) is 4.52. The predicted molar refractivity (Wildman–Crippen MR) is 72.0 cm³/mol. The second kappa shape index (κ2) is 5.55. The van der Waals surface area contributed by atoms with Crippen LogP contribution < -0.4 is 5.32 Å². The van der Waals surface area contributed by atoms with Gasteiger partial charge in [-0.05, 0) is 31.5 Å². The summed E-state index contributed by atoms with van der Waals surface area (Å²) in [6.45, 7) is 4.00. The van der Waals surface area contributed by atoms with E-state index >= 15 is 0 Å². The molecule has 0 spiro atoms. The highest BCUT2D eigenvalue weighted by atomic mass is 35.5. The second-order valence-corrected chi connectivity index (χ2v) is 7.94. The number of nitrogens with one attached hydrogen (secondary N) is 1. The number of sulfone groups is 1. The summed E-state index contributed by atoms with van der Waals surface area (Å²) in [6.07, 6.45) is 1.20. The van der Waals surface area contributed by atoms with E-state index in [9.17, 15) is 12.8 Å². The normalized spacial score (nSPS) is 12.7. The smallest absolute Gasteiger partial charge is 0.153 e. The second-order valence-electron chi connectivity index (χ2n) is 4.88. The molecule has 0 atom stereocenters. The third-order valence-electron chi connectivity index (χ3n) is 2.87. The zero-order valence-electron chi connectivity index (χ0n) is 10.6. The van der Waals surface area contributed by atoms with Crippen molar-refractivity contribution >= 4 is 21.4 Å². The summed E-state index contributed by atoms with van der Waals surface area (Å²) in [5, 5.41) is 3.09. The maximum absolute atomic E-state index is 13.2. The molecule has 18 heavy (non-hydrogen) atoms. The highest BCUT2D eigenvalue weighted by Gasteiger charge is 2.29. The Labute approximate surface area is 112 Å². The molecule has 0 aliphatic heterocycles. The van der Waals surface area contributed by atoms with Gasteiger partial charge in [0.1, 0.15) is 5.82 Å². The van der Waals surface area contributed by atoms with Crippen molar-refractivity contribution in [3.63, 3.8) is 0 Å². The predicted octanol–water partition coefficient (Wildman–Crippen LogP) is 2.39. The molecule has 0 aliphatic rings. The van der Waals surface area contributed by atoms with Gasteiger partial charge in [-0.25, -0.2) is 12.8 Å². The molecule has 0 aliphatic carbocycles.